The van der Waals surface area contributed by atoms with E-state index in [-0.39, 0.29) is 27.6 Å². The highest BCUT2D eigenvalue weighted by atomic mass is 32.2. The Hall–Kier alpha value is -3.99. The molecule has 0 fully saturated rings. The minimum Gasteiger partial charge on any atom is -0.497 e. The van der Waals surface area contributed by atoms with E-state index in [0.717, 1.165) is 5.56 Å². The number of aryl methyl sites for hydroxylation is 1. The second-order valence-corrected chi connectivity index (χ2v) is 8.35. The van der Waals surface area contributed by atoms with Gasteiger partial charge in [-0.1, -0.05) is 17.7 Å². The Morgan fingerprint density at radius 1 is 1.03 bits per heavy atom. The van der Waals surface area contributed by atoms with Gasteiger partial charge in [0.2, 0.25) is 0 Å². The highest BCUT2D eigenvalue weighted by Crippen LogP contribution is 2.26. The fourth-order valence-electron chi connectivity index (χ4n) is 2.94. The Labute approximate surface area is 177 Å². The van der Waals surface area contributed by atoms with Gasteiger partial charge in [0.15, 0.2) is 11.5 Å². The van der Waals surface area contributed by atoms with E-state index in [4.69, 9.17) is 10.5 Å². The molecule has 10 nitrogen and oxygen atoms in total. The van der Waals surface area contributed by atoms with Crippen LogP contribution in [0, 0.1) is 6.92 Å². The van der Waals surface area contributed by atoms with Gasteiger partial charge in [0.25, 0.3) is 10.0 Å². The number of hydrogen-bond acceptors (Lipinski definition) is 8. The minimum absolute atomic E-state index is 0.00576. The molecule has 2 heterocycles. The Kier molecular flexibility index (Phi) is 5.03. The molecule has 31 heavy (non-hydrogen) atoms. The van der Waals surface area contributed by atoms with Gasteiger partial charge in [0.1, 0.15) is 23.3 Å². The SMILES string of the molecule is COc1ccc(-n2cnc3c(N)c(NS(=O)(=O)c4ccc(C)cc4)nc(=O)nc32)cc1. The van der Waals surface area contributed by atoms with Crippen LogP contribution in [0.25, 0.3) is 16.9 Å². The molecule has 0 aliphatic carbocycles. The summed E-state index contributed by atoms with van der Waals surface area (Å²) in [5, 5.41) is 0. The normalized spacial score (nSPS) is 11.4. The zero-order valence-electron chi connectivity index (χ0n) is 16.6. The number of nitrogens with two attached hydrogens (primary N) is 1. The van der Waals surface area contributed by atoms with E-state index in [2.05, 4.69) is 19.7 Å². The Morgan fingerprint density at radius 3 is 2.35 bits per heavy atom. The Morgan fingerprint density at radius 2 is 1.71 bits per heavy atom. The van der Waals surface area contributed by atoms with Crippen LogP contribution in [0.5, 0.6) is 5.75 Å². The lowest BCUT2D eigenvalue weighted by Crippen LogP contribution is -2.17. The number of nitrogen functional groups attached to an aromatic ring is 1. The molecule has 0 spiro atoms. The molecule has 2 aromatic carbocycles. The van der Waals surface area contributed by atoms with Crippen molar-refractivity contribution in [2.75, 3.05) is 17.6 Å². The van der Waals surface area contributed by atoms with Crippen LogP contribution in [-0.2, 0) is 10.0 Å². The molecule has 0 radical (unpaired) electrons. The summed E-state index contributed by atoms with van der Waals surface area (Å²) in [4.78, 5) is 24.2. The summed E-state index contributed by atoms with van der Waals surface area (Å²) < 4.78 is 34.4. The van der Waals surface area contributed by atoms with Crippen molar-refractivity contribution in [2.24, 2.45) is 0 Å². The first-order chi connectivity index (χ1) is 14.8. The van der Waals surface area contributed by atoms with Crippen LogP contribution in [0.2, 0.25) is 0 Å². The number of nitrogens with zero attached hydrogens (tertiary/aromatic N) is 4. The van der Waals surface area contributed by atoms with Gasteiger partial charge < -0.3 is 10.5 Å². The fourth-order valence-corrected chi connectivity index (χ4v) is 3.96. The molecule has 0 atom stereocenters. The van der Waals surface area contributed by atoms with E-state index in [1.807, 2.05) is 6.92 Å². The number of aromatic nitrogens is 4. The molecule has 0 aliphatic rings. The van der Waals surface area contributed by atoms with Crippen molar-refractivity contribution in [3.05, 3.63) is 70.9 Å². The molecule has 0 saturated carbocycles. The number of sulfonamides is 1. The van der Waals surface area contributed by atoms with Gasteiger partial charge in [-0.15, -0.1) is 0 Å². The van der Waals surface area contributed by atoms with Crippen molar-refractivity contribution in [2.45, 2.75) is 11.8 Å². The number of benzene rings is 2. The van der Waals surface area contributed by atoms with Gasteiger partial charge in [-0.3, -0.25) is 9.29 Å². The van der Waals surface area contributed by atoms with Crippen LogP contribution in [0.15, 0.2) is 64.5 Å². The van der Waals surface area contributed by atoms with Crippen molar-refractivity contribution in [3.63, 3.8) is 0 Å². The summed E-state index contributed by atoms with van der Waals surface area (Å²) in [6, 6.07) is 13.2. The summed E-state index contributed by atoms with van der Waals surface area (Å²) in [5.74, 6) is 0.318. The summed E-state index contributed by atoms with van der Waals surface area (Å²) in [6.07, 6.45) is 1.44. The lowest BCUT2D eigenvalue weighted by molar-refractivity contribution is 0.415. The lowest BCUT2D eigenvalue weighted by Gasteiger charge is -2.07. The number of anilines is 2. The van der Waals surface area contributed by atoms with E-state index in [1.165, 1.54) is 18.5 Å². The minimum atomic E-state index is -4.03. The maximum absolute atomic E-state index is 12.7. The monoisotopic (exact) mass is 438 g/mol. The van der Waals surface area contributed by atoms with Gasteiger partial charge in [0, 0.05) is 5.69 Å². The van der Waals surface area contributed by atoms with Crippen molar-refractivity contribution in [1.82, 2.24) is 19.5 Å². The quantitative estimate of drug-likeness (QED) is 0.481. The Bertz CT molecular complexity index is 1430. The van der Waals surface area contributed by atoms with Crippen LogP contribution in [0.4, 0.5) is 11.5 Å². The van der Waals surface area contributed by atoms with E-state index in [1.54, 1.807) is 48.1 Å². The van der Waals surface area contributed by atoms with Crippen LogP contribution >= 0.6 is 0 Å². The summed E-state index contributed by atoms with van der Waals surface area (Å²) in [6.45, 7) is 1.84. The maximum Gasteiger partial charge on any atom is 0.371 e. The first kappa shape index (κ1) is 20.3. The van der Waals surface area contributed by atoms with Gasteiger partial charge in [-0.2, -0.15) is 9.97 Å². The third kappa shape index (κ3) is 3.90. The molecular formula is C20H18N6O4S. The Balaban J connectivity index is 1.82. The molecule has 0 aliphatic heterocycles. The average molecular weight is 438 g/mol. The summed E-state index contributed by atoms with van der Waals surface area (Å²) >= 11 is 0. The van der Waals surface area contributed by atoms with Crippen molar-refractivity contribution < 1.29 is 13.2 Å². The molecule has 0 unspecified atom stereocenters. The first-order valence-electron chi connectivity index (χ1n) is 9.07. The predicted molar refractivity (Wildman–Crippen MR) is 116 cm³/mol. The third-order valence-electron chi connectivity index (χ3n) is 4.57. The average Bonchev–Trinajstić information content (AvgIpc) is 3.11. The second-order valence-electron chi connectivity index (χ2n) is 6.67. The largest absolute Gasteiger partial charge is 0.497 e. The van der Waals surface area contributed by atoms with E-state index >= 15 is 0 Å². The summed E-state index contributed by atoms with van der Waals surface area (Å²) in [7, 11) is -2.47. The van der Waals surface area contributed by atoms with Crippen molar-refractivity contribution in [1.29, 1.82) is 0 Å². The molecule has 0 bridgehead atoms. The number of hydrogen-bond donors (Lipinski definition) is 2. The molecule has 4 rings (SSSR count). The topological polar surface area (TPSA) is 142 Å². The predicted octanol–water partition coefficient (Wildman–Crippen LogP) is 1.88. The molecule has 11 heteroatoms. The number of imidazole rings is 1. The van der Waals surface area contributed by atoms with E-state index < -0.39 is 15.7 Å². The maximum atomic E-state index is 12.7. The fraction of sp³-hybridized carbons (Fsp3) is 0.100. The number of nitrogens with one attached hydrogen (secondary N) is 1. The van der Waals surface area contributed by atoms with Crippen molar-refractivity contribution in [3.8, 4) is 11.4 Å². The smallest absolute Gasteiger partial charge is 0.371 e. The number of fused-ring (bicyclic) bond motifs is 1. The highest BCUT2D eigenvalue weighted by Gasteiger charge is 2.19. The molecule has 2 aromatic heterocycles. The molecule has 0 amide bonds. The lowest BCUT2D eigenvalue weighted by atomic mass is 10.2. The van der Waals surface area contributed by atoms with E-state index in [0.29, 0.717) is 11.4 Å². The summed E-state index contributed by atoms with van der Waals surface area (Å²) in [5.41, 5.74) is 6.94. The molecule has 3 N–H and O–H groups in total. The first-order valence-corrected chi connectivity index (χ1v) is 10.6. The van der Waals surface area contributed by atoms with Crippen molar-refractivity contribution >= 4 is 32.7 Å². The van der Waals surface area contributed by atoms with Crippen LogP contribution < -0.4 is 20.9 Å². The van der Waals surface area contributed by atoms with Crippen LogP contribution in [0.1, 0.15) is 5.56 Å². The zero-order valence-corrected chi connectivity index (χ0v) is 17.4. The van der Waals surface area contributed by atoms with Gasteiger partial charge in [-0.05, 0) is 43.3 Å². The second kappa shape index (κ2) is 7.69. The van der Waals surface area contributed by atoms with Crippen LogP contribution in [-0.4, -0.2) is 35.0 Å². The standard InChI is InChI=1S/C20H18N6O4S/c1-12-3-9-15(10-4-12)31(28,29)25-18-16(21)17-19(24-20(27)23-18)26(11-22-17)13-5-7-14(30-2)8-6-13/h3-11H,1-2H3,(H3,21,23,24,25,27). The number of rotatable bonds is 5. The molecular weight excluding hydrogens is 420 g/mol. The van der Waals surface area contributed by atoms with Gasteiger partial charge in [0.05, 0.1) is 12.0 Å². The van der Waals surface area contributed by atoms with E-state index in [9.17, 15) is 13.2 Å². The van der Waals surface area contributed by atoms with Gasteiger partial charge >= 0.3 is 5.69 Å². The number of ether oxygens (including phenoxy) is 1. The van der Waals surface area contributed by atoms with Crippen LogP contribution in [0.3, 0.4) is 0 Å². The molecule has 0 saturated heterocycles. The highest BCUT2D eigenvalue weighted by molar-refractivity contribution is 7.92. The number of methoxy groups -OCH3 is 1. The zero-order chi connectivity index (χ0) is 22.2. The molecule has 4 aromatic rings. The van der Waals surface area contributed by atoms with Gasteiger partial charge in [-0.25, -0.2) is 18.2 Å². The third-order valence-corrected chi connectivity index (χ3v) is 5.93. The molecule has 158 valence electrons.